The van der Waals surface area contributed by atoms with Gasteiger partial charge in [0, 0.05) is 6.54 Å². The molecule has 4 heteroatoms. The molecule has 0 fully saturated rings. The summed E-state index contributed by atoms with van der Waals surface area (Å²) in [4.78, 5) is 11.7. The van der Waals surface area contributed by atoms with Crippen molar-refractivity contribution in [3.63, 3.8) is 0 Å². The lowest BCUT2D eigenvalue weighted by molar-refractivity contribution is 0.236. The van der Waals surface area contributed by atoms with Crippen molar-refractivity contribution >= 4 is 6.03 Å². The van der Waals surface area contributed by atoms with Gasteiger partial charge in [-0.05, 0) is 36.6 Å². The fraction of sp³-hybridized carbons (Fsp3) is 0.316. The van der Waals surface area contributed by atoms with Gasteiger partial charge in [0.25, 0.3) is 0 Å². The quantitative estimate of drug-likeness (QED) is 0.770. The maximum atomic E-state index is 11.7. The van der Waals surface area contributed by atoms with E-state index >= 15 is 0 Å². The summed E-state index contributed by atoms with van der Waals surface area (Å²) in [5.74, 6) is 0.823. The summed E-state index contributed by atoms with van der Waals surface area (Å²) in [6, 6.07) is 15.9. The summed E-state index contributed by atoms with van der Waals surface area (Å²) in [5, 5.41) is 5.62. The predicted molar refractivity (Wildman–Crippen MR) is 92.7 cm³/mol. The highest BCUT2D eigenvalue weighted by atomic mass is 16.5. The van der Waals surface area contributed by atoms with Gasteiger partial charge < -0.3 is 15.4 Å². The Morgan fingerprint density at radius 1 is 1.04 bits per heavy atom. The minimum Gasteiger partial charge on any atom is -0.492 e. The number of ether oxygens (including phenoxy) is 1. The molecule has 23 heavy (non-hydrogen) atoms. The van der Waals surface area contributed by atoms with Gasteiger partial charge in [-0.25, -0.2) is 4.79 Å². The number of nitrogens with one attached hydrogen (secondary N) is 2. The van der Waals surface area contributed by atoms with Gasteiger partial charge >= 0.3 is 6.03 Å². The van der Waals surface area contributed by atoms with Crippen LogP contribution in [-0.4, -0.2) is 19.2 Å². The number of hydrogen-bond acceptors (Lipinski definition) is 2. The molecule has 2 rings (SSSR count). The Morgan fingerprint density at radius 2 is 1.83 bits per heavy atom. The molecule has 2 amide bonds. The van der Waals surface area contributed by atoms with Gasteiger partial charge in [0.1, 0.15) is 12.4 Å². The van der Waals surface area contributed by atoms with E-state index < -0.39 is 0 Å². The smallest absolute Gasteiger partial charge is 0.315 e. The lowest BCUT2D eigenvalue weighted by atomic mass is 10.1. The summed E-state index contributed by atoms with van der Waals surface area (Å²) < 4.78 is 5.59. The molecule has 0 atom stereocenters. The molecule has 0 aliphatic rings. The molecule has 0 radical (unpaired) electrons. The fourth-order valence-electron chi connectivity index (χ4n) is 2.22. The molecule has 0 saturated heterocycles. The fourth-order valence-corrected chi connectivity index (χ4v) is 2.22. The number of benzene rings is 2. The first-order valence-electron chi connectivity index (χ1n) is 7.96. The van der Waals surface area contributed by atoms with Crippen molar-refractivity contribution in [1.29, 1.82) is 0 Å². The second-order valence-corrected chi connectivity index (χ2v) is 5.44. The van der Waals surface area contributed by atoms with E-state index in [-0.39, 0.29) is 6.03 Å². The van der Waals surface area contributed by atoms with Crippen LogP contribution in [0.5, 0.6) is 5.75 Å². The Kier molecular flexibility index (Phi) is 6.48. The zero-order valence-electron chi connectivity index (χ0n) is 13.8. The molecule has 2 N–H and O–H groups in total. The second-order valence-electron chi connectivity index (χ2n) is 5.44. The van der Waals surface area contributed by atoms with Gasteiger partial charge in [-0.15, -0.1) is 0 Å². The highest BCUT2D eigenvalue weighted by Gasteiger charge is 2.00. The number of amides is 2. The molecule has 2 aromatic carbocycles. The Labute approximate surface area is 137 Å². The van der Waals surface area contributed by atoms with Gasteiger partial charge in [-0.3, -0.25) is 0 Å². The lowest BCUT2D eigenvalue weighted by Crippen LogP contribution is -2.37. The molecule has 2 aromatic rings. The highest BCUT2D eigenvalue weighted by Crippen LogP contribution is 2.12. The van der Waals surface area contributed by atoms with Crippen molar-refractivity contribution < 1.29 is 9.53 Å². The maximum Gasteiger partial charge on any atom is 0.315 e. The first-order chi connectivity index (χ1) is 11.2. The van der Waals surface area contributed by atoms with Gasteiger partial charge in [-0.2, -0.15) is 0 Å². The largest absolute Gasteiger partial charge is 0.492 e. The normalized spacial score (nSPS) is 10.2. The summed E-state index contributed by atoms with van der Waals surface area (Å²) in [6.45, 7) is 5.59. The third-order valence-corrected chi connectivity index (χ3v) is 3.52. The van der Waals surface area contributed by atoms with E-state index in [1.165, 1.54) is 11.1 Å². The molecular formula is C19H24N2O2. The Bertz CT molecular complexity index is 624. The van der Waals surface area contributed by atoms with Gasteiger partial charge in [0.15, 0.2) is 0 Å². The molecule has 0 aromatic heterocycles. The van der Waals surface area contributed by atoms with E-state index in [0.717, 1.165) is 17.7 Å². The topological polar surface area (TPSA) is 50.4 Å². The van der Waals surface area contributed by atoms with E-state index in [2.05, 4.69) is 35.8 Å². The predicted octanol–water partition coefficient (Wildman–Crippen LogP) is 3.44. The number of urea groups is 1. The Hall–Kier alpha value is -2.49. The summed E-state index contributed by atoms with van der Waals surface area (Å²) in [6.07, 6.45) is 1.02. The molecule has 0 aliphatic carbocycles. The number of hydrogen-bond donors (Lipinski definition) is 2. The average molecular weight is 312 g/mol. The van der Waals surface area contributed by atoms with Crippen LogP contribution in [0.3, 0.4) is 0 Å². The van der Waals surface area contributed by atoms with Crippen molar-refractivity contribution in [2.45, 2.75) is 26.8 Å². The van der Waals surface area contributed by atoms with Crippen molar-refractivity contribution in [3.05, 3.63) is 65.2 Å². The zero-order chi connectivity index (χ0) is 16.5. The molecule has 4 nitrogen and oxygen atoms in total. The number of rotatable bonds is 7. The van der Waals surface area contributed by atoms with Crippen LogP contribution in [0.1, 0.15) is 23.6 Å². The third kappa shape index (κ3) is 6.02. The van der Waals surface area contributed by atoms with Crippen LogP contribution >= 0.6 is 0 Å². The molecule has 0 saturated carbocycles. The van der Waals surface area contributed by atoms with Gasteiger partial charge in [-0.1, -0.05) is 48.9 Å². The Balaban J connectivity index is 1.62. The van der Waals surface area contributed by atoms with Crippen LogP contribution in [0, 0.1) is 6.92 Å². The minimum atomic E-state index is -0.184. The summed E-state index contributed by atoms with van der Waals surface area (Å²) >= 11 is 0. The van der Waals surface area contributed by atoms with Gasteiger partial charge in [0.05, 0.1) is 6.54 Å². The molecule has 122 valence electrons. The van der Waals surface area contributed by atoms with E-state index in [0.29, 0.717) is 19.7 Å². The van der Waals surface area contributed by atoms with E-state index in [1.54, 1.807) is 0 Å². The zero-order valence-corrected chi connectivity index (χ0v) is 13.8. The molecule has 0 bridgehead atoms. The monoisotopic (exact) mass is 312 g/mol. The van der Waals surface area contributed by atoms with Crippen LogP contribution in [0.2, 0.25) is 0 Å². The van der Waals surface area contributed by atoms with Crippen molar-refractivity contribution in [2.24, 2.45) is 0 Å². The number of carbonyl (C=O) groups is 1. The van der Waals surface area contributed by atoms with Crippen molar-refractivity contribution in [1.82, 2.24) is 10.6 Å². The SMILES string of the molecule is CCc1ccc(OCCNC(=O)NCc2cccc(C)c2)cc1. The first kappa shape index (κ1) is 16.9. The van der Waals surface area contributed by atoms with Crippen LogP contribution in [0.4, 0.5) is 4.79 Å². The van der Waals surface area contributed by atoms with E-state index in [4.69, 9.17) is 4.74 Å². The molecule has 0 unspecified atom stereocenters. The summed E-state index contributed by atoms with van der Waals surface area (Å²) in [7, 11) is 0. The van der Waals surface area contributed by atoms with Crippen molar-refractivity contribution in [2.75, 3.05) is 13.2 Å². The third-order valence-electron chi connectivity index (χ3n) is 3.52. The van der Waals surface area contributed by atoms with E-state index in [1.807, 2.05) is 37.3 Å². The molecular weight excluding hydrogens is 288 g/mol. The number of aryl methyl sites for hydroxylation is 2. The van der Waals surface area contributed by atoms with Crippen molar-refractivity contribution in [3.8, 4) is 5.75 Å². The standard InChI is InChI=1S/C19H24N2O2/c1-3-16-7-9-18(10-8-16)23-12-11-20-19(22)21-14-17-6-4-5-15(2)13-17/h4-10,13H,3,11-12,14H2,1-2H3,(H2,20,21,22). The lowest BCUT2D eigenvalue weighted by Gasteiger charge is -2.10. The Morgan fingerprint density at radius 3 is 2.52 bits per heavy atom. The average Bonchev–Trinajstić information content (AvgIpc) is 2.57. The highest BCUT2D eigenvalue weighted by molar-refractivity contribution is 5.73. The van der Waals surface area contributed by atoms with Crippen LogP contribution in [0.15, 0.2) is 48.5 Å². The molecule has 0 heterocycles. The summed E-state index contributed by atoms with van der Waals surface area (Å²) in [5.41, 5.74) is 3.56. The van der Waals surface area contributed by atoms with E-state index in [9.17, 15) is 4.79 Å². The molecule has 0 aliphatic heterocycles. The number of carbonyl (C=O) groups excluding carboxylic acids is 1. The van der Waals surface area contributed by atoms with Gasteiger partial charge in [0.2, 0.25) is 0 Å². The van der Waals surface area contributed by atoms with Crippen LogP contribution in [0.25, 0.3) is 0 Å². The minimum absolute atomic E-state index is 0.184. The van der Waals surface area contributed by atoms with Crippen LogP contribution < -0.4 is 15.4 Å². The van der Waals surface area contributed by atoms with Crippen LogP contribution in [-0.2, 0) is 13.0 Å². The molecule has 0 spiro atoms. The second kappa shape index (κ2) is 8.83. The first-order valence-corrected chi connectivity index (χ1v) is 7.96. The maximum absolute atomic E-state index is 11.7.